The van der Waals surface area contributed by atoms with Crippen LogP contribution < -0.4 is 10.5 Å². The minimum absolute atomic E-state index is 0.0485. The van der Waals surface area contributed by atoms with Gasteiger partial charge in [-0.3, -0.25) is 4.79 Å². The topological polar surface area (TPSA) is 83.0 Å². The van der Waals surface area contributed by atoms with Crippen LogP contribution in [0.3, 0.4) is 0 Å². The molecule has 2 heterocycles. The maximum absolute atomic E-state index is 13.1. The van der Waals surface area contributed by atoms with E-state index in [0.717, 1.165) is 4.90 Å². The summed E-state index contributed by atoms with van der Waals surface area (Å²) < 4.78 is 45.9. The lowest BCUT2D eigenvalue weighted by Crippen LogP contribution is -2.48. The third-order valence-electron chi connectivity index (χ3n) is 5.42. The van der Waals surface area contributed by atoms with E-state index < -0.39 is 24.1 Å². The number of ether oxygens (including phenoxy) is 1. The van der Waals surface area contributed by atoms with E-state index in [1.54, 1.807) is 0 Å². The number of primary amides is 1. The van der Waals surface area contributed by atoms with Crippen molar-refractivity contribution < 1.29 is 22.7 Å². The minimum Gasteiger partial charge on any atom is -0.476 e. The summed E-state index contributed by atoms with van der Waals surface area (Å²) in [6.45, 7) is 1.57. The summed E-state index contributed by atoms with van der Waals surface area (Å²) >= 11 is 10.1. The van der Waals surface area contributed by atoms with Crippen LogP contribution in [0.25, 0.3) is 5.82 Å². The van der Waals surface area contributed by atoms with Crippen molar-refractivity contribution in [3.63, 3.8) is 0 Å². The van der Waals surface area contributed by atoms with Gasteiger partial charge in [0.1, 0.15) is 17.2 Å². The van der Waals surface area contributed by atoms with Crippen LogP contribution in [0.5, 0.6) is 5.88 Å². The Morgan fingerprint density at radius 2 is 1.94 bits per heavy atom. The molecule has 0 radical (unpaired) electrons. The molecule has 0 saturated heterocycles. The highest BCUT2D eigenvalue weighted by atomic mass is 35.5. The Labute approximate surface area is 199 Å². The molecule has 0 spiro atoms. The third kappa shape index (κ3) is 5.80. The highest BCUT2D eigenvalue weighted by Gasteiger charge is 2.58. The van der Waals surface area contributed by atoms with E-state index in [0.29, 0.717) is 6.42 Å². The second-order valence-corrected chi connectivity index (χ2v) is 8.52. The lowest BCUT2D eigenvalue weighted by atomic mass is 9.69. The molecular weight excluding hydrogens is 477 g/mol. The molecule has 4 rings (SSSR count). The van der Waals surface area contributed by atoms with Gasteiger partial charge in [0.05, 0.1) is 5.56 Å². The molecule has 3 aromatic rings. The molecule has 2 N–H and O–H groups in total. The number of halogens is 4. The minimum atomic E-state index is -4.30. The van der Waals surface area contributed by atoms with Gasteiger partial charge in [-0.1, -0.05) is 36.2 Å². The SMILES string of the molecule is Cc1ccccc1S.NC(=O)c1ccc(-n2ccc(OCC3(C(F)(F)F)CCC3)n2)nc1Cl. The first-order valence-electron chi connectivity index (χ1n) is 9.99. The van der Waals surface area contributed by atoms with Crippen molar-refractivity contribution in [2.75, 3.05) is 6.61 Å². The lowest BCUT2D eigenvalue weighted by molar-refractivity contribution is -0.259. The number of alkyl halides is 3. The molecule has 1 aliphatic rings. The molecule has 33 heavy (non-hydrogen) atoms. The highest BCUT2D eigenvalue weighted by Crippen LogP contribution is 2.53. The van der Waals surface area contributed by atoms with Gasteiger partial charge in [0.25, 0.3) is 5.91 Å². The van der Waals surface area contributed by atoms with Crippen LogP contribution in [0.1, 0.15) is 35.2 Å². The summed E-state index contributed by atoms with van der Waals surface area (Å²) in [5, 5.41) is 3.94. The maximum Gasteiger partial charge on any atom is 0.397 e. The van der Waals surface area contributed by atoms with Crippen LogP contribution >= 0.6 is 24.2 Å². The highest BCUT2D eigenvalue weighted by molar-refractivity contribution is 7.80. The molecular formula is C22H22ClF3N4O2S. The zero-order valence-electron chi connectivity index (χ0n) is 17.6. The smallest absolute Gasteiger partial charge is 0.397 e. The number of rotatable bonds is 5. The summed E-state index contributed by atoms with van der Waals surface area (Å²) in [6.07, 6.45) is -2.18. The summed E-state index contributed by atoms with van der Waals surface area (Å²) in [6, 6.07) is 12.3. The Kier molecular flexibility index (Phi) is 7.58. The average Bonchev–Trinajstić information content (AvgIpc) is 3.17. The maximum atomic E-state index is 13.1. The van der Waals surface area contributed by atoms with Gasteiger partial charge in [0.15, 0.2) is 5.82 Å². The number of aryl methyl sites for hydroxylation is 1. The van der Waals surface area contributed by atoms with Gasteiger partial charge in [-0.2, -0.15) is 13.2 Å². The zero-order valence-corrected chi connectivity index (χ0v) is 19.3. The van der Waals surface area contributed by atoms with Gasteiger partial charge in [-0.15, -0.1) is 17.7 Å². The van der Waals surface area contributed by atoms with Gasteiger partial charge < -0.3 is 10.5 Å². The fourth-order valence-electron chi connectivity index (χ4n) is 3.14. The molecule has 0 unspecified atom stereocenters. The Morgan fingerprint density at radius 1 is 1.24 bits per heavy atom. The summed E-state index contributed by atoms with van der Waals surface area (Å²) in [7, 11) is 0. The first-order valence-corrected chi connectivity index (χ1v) is 10.8. The summed E-state index contributed by atoms with van der Waals surface area (Å²) in [5.41, 5.74) is 4.65. The number of hydrogen-bond acceptors (Lipinski definition) is 5. The number of nitrogens with zero attached hydrogens (tertiary/aromatic N) is 3. The number of carbonyl (C=O) groups is 1. The van der Waals surface area contributed by atoms with E-state index in [1.165, 1.54) is 34.6 Å². The molecule has 176 valence electrons. The number of benzene rings is 1. The third-order valence-corrected chi connectivity index (χ3v) is 6.21. The van der Waals surface area contributed by atoms with Crippen molar-refractivity contribution in [1.82, 2.24) is 14.8 Å². The van der Waals surface area contributed by atoms with Crippen LogP contribution in [-0.4, -0.2) is 33.5 Å². The van der Waals surface area contributed by atoms with Crippen molar-refractivity contribution in [3.8, 4) is 11.7 Å². The van der Waals surface area contributed by atoms with E-state index in [9.17, 15) is 18.0 Å². The van der Waals surface area contributed by atoms with E-state index in [-0.39, 0.29) is 35.3 Å². The van der Waals surface area contributed by atoms with Crippen LogP contribution in [0, 0.1) is 12.3 Å². The largest absolute Gasteiger partial charge is 0.476 e. The monoisotopic (exact) mass is 498 g/mol. The van der Waals surface area contributed by atoms with E-state index >= 15 is 0 Å². The first-order chi connectivity index (χ1) is 15.5. The van der Waals surface area contributed by atoms with Gasteiger partial charge in [-0.25, -0.2) is 9.67 Å². The predicted octanol–water partition coefficient (Wildman–Crippen LogP) is 5.41. The molecule has 1 saturated carbocycles. The zero-order chi connectivity index (χ0) is 24.2. The molecule has 0 aliphatic heterocycles. The molecule has 1 amide bonds. The van der Waals surface area contributed by atoms with Gasteiger partial charge >= 0.3 is 6.18 Å². The molecule has 1 fully saturated rings. The van der Waals surface area contributed by atoms with Crippen molar-refractivity contribution in [2.45, 2.75) is 37.3 Å². The number of amides is 1. The van der Waals surface area contributed by atoms with E-state index in [2.05, 4.69) is 22.7 Å². The fraction of sp³-hybridized carbons (Fsp3) is 0.318. The van der Waals surface area contributed by atoms with Crippen molar-refractivity contribution in [1.29, 1.82) is 0 Å². The van der Waals surface area contributed by atoms with Crippen molar-refractivity contribution in [3.05, 3.63) is 64.9 Å². The number of carbonyl (C=O) groups excluding carboxylic acids is 1. The summed E-state index contributed by atoms with van der Waals surface area (Å²) in [4.78, 5) is 16.2. The number of nitrogens with two attached hydrogens (primary N) is 1. The molecule has 2 aromatic heterocycles. The van der Waals surface area contributed by atoms with Gasteiger partial charge in [0.2, 0.25) is 5.88 Å². The second-order valence-electron chi connectivity index (χ2n) is 7.68. The number of thiol groups is 1. The molecule has 11 heteroatoms. The van der Waals surface area contributed by atoms with E-state index in [4.69, 9.17) is 22.1 Å². The normalized spacial score (nSPS) is 14.6. The van der Waals surface area contributed by atoms with Crippen molar-refractivity contribution in [2.24, 2.45) is 11.1 Å². The van der Waals surface area contributed by atoms with E-state index in [1.807, 2.05) is 31.2 Å². The standard InChI is InChI=1S/C15H14ClF3N4O2.C7H8S/c16-12-9(13(20)24)2-3-10(21-12)23-7-4-11(22-23)25-8-14(5-1-6-14)15(17,18)19;1-6-4-2-3-5-7(6)8/h2-4,7H,1,5-6,8H2,(H2,20,24);2-5,8H,1H3. The molecule has 6 nitrogen and oxygen atoms in total. The Hall–Kier alpha value is -2.72. The van der Waals surface area contributed by atoms with Crippen LogP contribution in [0.15, 0.2) is 53.6 Å². The van der Waals surface area contributed by atoms with Gasteiger partial charge in [-0.05, 0) is 43.5 Å². The van der Waals surface area contributed by atoms with Crippen LogP contribution in [0.2, 0.25) is 5.15 Å². The lowest BCUT2D eigenvalue weighted by Gasteiger charge is -2.42. The molecule has 1 aromatic carbocycles. The Balaban J connectivity index is 0.000000323. The quantitative estimate of drug-likeness (QED) is 0.364. The predicted molar refractivity (Wildman–Crippen MR) is 121 cm³/mol. The number of pyridine rings is 1. The van der Waals surface area contributed by atoms with Crippen LogP contribution in [-0.2, 0) is 0 Å². The Bertz CT molecular complexity index is 1110. The Morgan fingerprint density at radius 3 is 2.42 bits per heavy atom. The molecule has 0 bridgehead atoms. The average molecular weight is 499 g/mol. The first kappa shape index (κ1) is 24.9. The van der Waals surface area contributed by atoms with Gasteiger partial charge in [0, 0.05) is 17.2 Å². The number of aromatic nitrogens is 3. The number of hydrogen-bond donors (Lipinski definition) is 2. The van der Waals surface area contributed by atoms with Crippen molar-refractivity contribution >= 4 is 30.1 Å². The van der Waals surface area contributed by atoms with Crippen LogP contribution in [0.4, 0.5) is 13.2 Å². The molecule has 1 aliphatic carbocycles. The molecule has 0 atom stereocenters. The summed E-state index contributed by atoms with van der Waals surface area (Å²) in [5.74, 6) is -0.391. The second kappa shape index (κ2) is 10.0. The fourth-order valence-corrected chi connectivity index (χ4v) is 3.54.